The lowest BCUT2D eigenvalue weighted by molar-refractivity contribution is -0.0676. The molecule has 2 fully saturated rings. The Morgan fingerprint density at radius 1 is 1.39 bits per heavy atom. The maximum atomic E-state index is 5.90. The van der Waals surface area contributed by atoms with Crippen LogP contribution in [-0.2, 0) is 16.0 Å². The van der Waals surface area contributed by atoms with Crippen LogP contribution in [0.25, 0.3) is 0 Å². The Morgan fingerprint density at radius 2 is 2.30 bits per heavy atom. The molecule has 3 rings (SSSR count). The first-order valence-electron chi connectivity index (χ1n) is 8.75. The van der Waals surface area contributed by atoms with E-state index in [-0.39, 0.29) is 0 Å². The van der Waals surface area contributed by atoms with Crippen LogP contribution in [0.1, 0.15) is 24.8 Å². The molecule has 128 valence electrons. The van der Waals surface area contributed by atoms with E-state index < -0.39 is 0 Å². The molecule has 5 heteroatoms. The van der Waals surface area contributed by atoms with Crippen molar-refractivity contribution >= 4 is 5.82 Å². The summed E-state index contributed by atoms with van der Waals surface area (Å²) in [5, 5.41) is 0. The van der Waals surface area contributed by atoms with Gasteiger partial charge in [0.2, 0.25) is 0 Å². The molecule has 0 radical (unpaired) electrons. The van der Waals surface area contributed by atoms with Crippen molar-refractivity contribution in [3.8, 4) is 0 Å². The zero-order valence-corrected chi connectivity index (χ0v) is 14.4. The van der Waals surface area contributed by atoms with Gasteiger partial charge in [-0.3, -0.25) is 4.90 Å². The molecule has 1 aromatic heterocycles. The van der Waals surface area contributed by atoms with E-state index in [0.717, 1.165) is 44.6 Å². The van der Waals surface area contributed by atoms with Crippen LogP contribution >= 0.6 is 0 Å². The van der Waals surface area contributed by atoms with Gasteiger partial charge in [0.1, 0.15) is 5.82 Å². The normalized spacial score (nSPS) is 25.1. The zero-order chi connectivity index (χ0) is 16.1. The van der Waals surface area contributed by atoms with Crippen molar-refractivity contribution < 1.29 is 9.47 Å². The summed E-state index contributed by atoms with van der Waals surface area (Å²) in [5.74, 6) is 1.73. The smallest absolute Gasteiger partial charge is 0.128 e. The van der Waals surface area contributed by atoms with Crippen LogP contribution in [0.2, 0.25) is 0 Å². The molecule has 2 aliphatic heterocycles. The van der Waals surface area contributed by atoms with Gasteiger partial charge >= 0.3 is 0 Å². The molecular weight excluding hydrogens is 290 g/mol. The second kappa shape index (κ2) is 8.08. The van der Waals surface area contributed by atoms with Gasteiger partial charge in [0.15, 0.2) is 0 Å². The maximum Gasteiger partial charge on any atom is 0.128 e. The van der Waals surface area contributed by atoms with E-state index in [0.29, 0.717) is 6.10 Å². The van der Waals surface area contributed by atoms with Crippen LogP contribution in [0.5, 0.6) is 0 Å². The number of likely N-dealkylation sites (tertiary alicyclic amines) is 1. The van der Waals surface area contributed by atoms with Crippen LogP contribution in [-0.4, -0.2) is 63.0 Å². The van der Waals surface area contributed by atoms with Crippen molar-refractivity contribution in [3.05, 3.63) is 23.9 Å². The van der Waals surface area contributed by atoms with E-state index in [4.69, 9.17) is 9.47 Å². The number of rotatable bonds is 6. The molecule has 1 aromatic rings. The van der Waals surface area contributed by atoms with Gasteiger partial charge in [-0.1, -0.05) is 6.07 Å². The van der Waals surface area contributed by atoms with E-state index in [9.17, 15) is 0 Å². The van der Waals surface area contributed by atoms with Crippen LogP contribution in [0.3, 0.4) is 0 Å². The molecule has 0 spiro atoms. The molecule has 0 amide bonds. The lowest BCUT2D eigenvalue weighted by atomic mass is 9.88. The quantitative estimate of drug-likeness (QED) is 0.803. The van der Waals surface area contributed by atoms with Gasteiger partial charge in [0, 0.05) is 53.1 Å². The van der Waals surface area contributed by atoms with Crippen molar-refractivity contribution in [1.29, 1.82) is 0 Å². The highest BCUT2D eigenvalue weighted by molar-refractivity contribution is 5.38. The number of fused-ring (bicyclic) bond motifs is 1. The third-order valence-corrected chi connectivity index (χ3v) is 5.04. The number of anilines is 1. The molecule has 0 N–H and O–H groups in total. The Hall–Kier alpha value is -1.17. The molecule has 0 saturated carbocycles. The van der Waals surface area contributed by atoms with Gasteiger partial charge in [0.25, 0.3) is 0 Å². The second-order valence-electron chi connectivity index (χ2n) is 6.77. The lowest BCUT2D eigenvalue weighted by Crippen LogP contribution is -2.45. The standard InChI is InChI=1S/C18H29N3O2/c1-20(9-11-22-2)18-6-5-15(12-19-18)13-21-8-7-17-16(14-21)4-3-10-23-17/h5-6,12,16-17H,3-4,7-11,13-14H2,1-2H3/t16-,17+/m1/s1. The number of hydrogen-bond donors (Lipinski definition) is 0. The zero-order valence-electron chi connectivity index (χ0n) is 14.4. The van der Waals surface area contributed by atoms with Crippen molar-refractivity contribution in [2.75, 3.05) is 51.9 Å². The Bertz CT molecular complexity index is 480. The summed E-state index contributed by atoms with van der Waals surface area (Å²) >= 11 is 0. The van der Waals surface area contributed by atoms with Gasteiger partial charge < -0.3 is 14.4 Å². The van der Waals surface area contributed by atoms with Crippen LogP contribution in [0.15, 0.2) is 18.3 Å². The van der Waals surface area contributed by atoms with Crippen LogP contribution in [0, 0.1) is 5.92 Å². The molecule has 5 nitrogen and oxygen atoms in total. The van der Waals surface area contributed by atoms with Gasteiger partial charge in [-0.25, -0.2) is 4.98 Å². The molecule has 3 heterocycles. The third-order valence-electron chi connectivity index (χ3n) is 5.04. The molecule has 2 aliphatic rings. The first-order chi connectivity index (χ1) is 11.3. The van der Waals surface area contributed by atoms with E-state index in [2.05, 4.69) is 34.0 Å². The van der Waals surface area contributed by atoms with Crippen LogP contribution < -0.4 is 4.90 Å². The minimum atomic E-state index is 0.509. The molecule has 0 aromatic carbocycles. The summed E-state index contributed by atoms with van der Waals surface area (Å²) in [7, 11) is 3.78. The Labute approximate surface area is 139 Å². The number of nitrogens with zero attached hydrogens (tertiary/aromatic N) is 3. The fourth-order valence-corrected chi connectivity index (χ4v) is 3.64. The van der Waals surface area contributed by atoms with E-state index >= 15 is 0 Å². The van der Waals surface area contributed by atoms with Gasteiger partial charge in [-0.2, -0.15) is 0 Å². The van der Waals surface area contributed by atoms with Gasteiger partial charge in [-0.15, -0.1) is 0 Å². The molecule has 0 aliphatic carbocycles. The molecule has 2 atom stereocenters. The molecular formula is C18H29N3O2. The highest BCUT2D eigenvalue weighted by Crippen LogP contribution is 2.29. The predicted molar refractivity (Wildman–Crippen MR) is 91.7 cm³/mol. The van der Waals surface area contributed by atoms with E-state index in [1.54, 1.807) is 7.11 Å². The highest BCUT2D eigenvalue weighted by atomic mass is 16.5. The summed E-state index contributed by atoms with van der Waals surface area (Å²) in [5.41, 5.74) is 1.30. The Kier molecular flexibility index (Phi) is 5.86. The second-order valence-corrected chi connectivity index (χ2v) is 6.77. The Balaban J connectivity index is 1.52. The first-order valence-corrected chi connectivity index (χ1v) is 8.75. The Morgan fingerprint density at radius 3 is 3.09 bits per heavy atom. The largest absolute Gasteiger partial charge is 0.383 e. The summed E-state index contributed by atoms with van der Waals surface area (Å²) in [6.07, 6.45) is 6.25. The number of ether oxygens (including phenoxy) is 2. The number of methoxy groups -OCH3 is 1. The third kappa shape index (κ3) is 4.43. The topological polar surface area (TPSA) is 37.8 Å². The van der Waals surface area contributed by atoms with Crippen molar-refractivity contribution in [2.45, 2.75) is 31.9 Å². The van der Waals surface area contributed by atoms with Crippen LogP contribution in [0.4, 0.5) is 5.82 Å². The predicted octanol–water partition coefficient (Wildman–Crippen LogP) is 2.17. The average molecular weight is 319 g/mol. The minimum Gasteiger partial charge on any atom is -0.383 e. The summed E-state index contributed by atoms with van der Waals surface area (Å²) < 4.78 is 11.0. The number of pyridine rings is 1. The highest BCUT2D eigenvalue weighted by Gasteiger charge is 2.31. The summed E-state index contributed by atoms with van der Waals surface area (Å²) in [6, 6.07) is 4.32. The molecule has 2 saturated heterocycles. The molecule has 0 unspecified atom stereocenters. The lowest BCUT2D eigenvalue weighted by Gasteiger charge is -2.41. The first kappa shape index (κ1) is 16.7. The fraction of sp³-hybridized carbons (Fsp3) is 0.722. The average Bonchev–Trinajstić information content (AvgIpc) is 2.60. The maximum absolute atomic E-state index is 5.90. The number of aromatic nitrogens is 1. The van der Waals surface area contributed by atoms with Crippen molar-refractivity contribution in [2.24, 2.45) is 5.92 Å². The van der Waals surface area contributed by atoms with Gasteiger partial charge in [0.05, 0.1) is 12.7 Å². The SMILES string of the molecule is COCCN(C)c1ccc(CN2CC[C@@H]3OCCC[C@@H]3C2)cn1. The summed E-state index contributed by atoms with van der Waals surface area (Å²) in [6.45, 7) is 5.84. The summed E-state index contributed by atoms with van der Waals surface area (Å²) in [4.78, 5) is 9.28. The monoisotopic (exact) mass is 319 g/mol. The minimum absolute atomic E-state index is 0.509. The van der Waals surface area contributed by atoms with E-state index in [1.165, 1.54) is 31.4 Å². The number of hydrogen-bond acceptors (Lipinski definition) is 5. The number of likely N-dealkylation sites (N-methyl/N-ethyl adjacent to an activating group) is 1. The van der Waals surface area contributed by atoms with Gasteiger partial charge in [-0.05, 0) is 36.8 Å². The number of piperidine rings is 1. The fourth-order valence-electron chi connectivity index (χ4n) is 3.64. The van der Waals surface area contributed by atoms with Crippen molar-refractivity contribution in [1.82, 2.24) is 9.88 Å². The van der Waals surface area contributed by atoms with E-state index in [1.807, 2.05) is 6.20 Å². The molecule has 23 heavy (non-hydrogen) atoms. The van der Waals surface area contributed by atoms with Crippen molar-refractivity contribution in [3.63, 3.8) is 0 Å². The molecule has 0 bridgehead atoms.